The molecular weight excluding hydrogens is 290 g/mol. The molecule has 0 saturated carbocycles. The highest BCUT2D eigenvalue weighted by atomic mass is 16.5. The van der Waals surface area contributed by atoms with Crippen molar-refractivity contribution in [2.24, 2.45) is 0 Å². The summed E-state index contributed by atoms with van der Waals surface area (Å²) < 4.78 is 5.03. The fourth-order valence-corrected chi connectivity index (χ4v) is 3.06. The number of rotatable bonds is 5. The number of aryl methyl sites for hydroxylation is 1. The molecule has 2 aromatic rings. The van der Waals surface area contributed by atoms with Crippen molar-refractivity contribution in [1.29, 1.82) is 0 Å². The van der Waals surface area contributed by atoms with Crippen molar-refractivity contribution < 1.29 is 9.84 Å². The summed E-state index contributed by atoms with van der Waals surface area (Å²) in [6.07, 6.45) is 5.88. The molecule has 0 aliphatic carbocycles. The third-order valence-corrected chi connectivity index (χ3v) is 4.32. The molecule has 0 bridgehead atoms. The second-order valence-corrected chi connectivity index (χ2v) is 6.03. The highest BCUT2D eigenvalue weighted by Crippen LogP contribution is 2.25. The average molecular weight is 313 g/mol. The van der Waals surface area contributed by atoms with Crippen LogP contribution >= 0.6 is 0 Å². The molecule has 1 fully saturated rings. The van der Waals surface area contributed by atoms with Gasteiger partial charge in [-0.2, -0.15) is 0 Å². The van der Waals surface area contributed by atoms with Crippen LogP contribution in [0.15, 0.2) is 30.3 Å². The standard InChI is InChI=1S/C18H23N3O2/c1-23-18-8-7-17(20-21-18)14-10-13(11-16(22)12-14)5-6-15-4-2-3-9-19-15/h7-8,10-12,15,19,22H,2-6,9H2,1H3/t15-/m0/s1. The molecule has 1 saturated heterocycles. The first kappa shape index (κ1) is 15.7. The van der Waals surface area contributed by atoms with E-state index in [4.69, 9.17) is 4.74 Å². The van der Waals surface area contributed by atoms with Gasteiger partial charge < -0.3 is 15.2 Å². The van der Waals surface area contributed by atoms with Gasteiger partial charge in [0.15, 0.2) is 0 Å². The predicted molar refractivity (Wildman–Crippen MR) is 89.6 cm³/mol. The zero-order valence-electron chi connectivity index (χ0n) is 13.5. The predicted octanol–water partition coefficient (Wildman–Crippen LogP) is 2.93. The summed E-state index contributed by atoms with van der Waals surface area (Å²) in [5, 5.41) is 21.7. The van der Waals surface area contributed by atoms with Crippen molar-refractivity contribution >= 4 is 0 Å². The smallest absolute Gasteiger partial charge is 0.233 e. The van der Waals surface area contributed by atoms with E-state index in [2.05, 4.69) is 21.6 Å². The fraction of sp³-hybridized carbons (Fsp3) is 0.444. The van der Waals surface area contributed by atoms with Crippen LogP contribution in [0.5, 0.6) is 11.6 Å². The van der Waals surface area contributed by atoms with Crippen LogP contribution in [0.4, 0.5) is 0 Å². The van der Waals surface area contributed by atoms with Crippen molar-refractivity contribution in [2.45, 2.75) is 38.1 Å². The third-order valence-electron chi connectivity index (χ3n) is 4.32. The lowest BCUT2D eigenvalue weighted by molar-refractivity contribution is 0.382. The van der Waals surface area contributed by atoms with Crippen molar-refractivity contribution in [3.8, 4) is 22.9 Å². The topological polar surface area (TPSA) is 67.3 Å². The number of benzene rings is 1. The number of methoxy groups -OCH3 is 1. The first-order valence-electron chi connectivity index (χ1n) is 8.19. The lowest BCUT2D eigenvalue weighted by Crippen LogP contribution is -2.34. The van der Waals surface area contributed by atoms with E-state index in [0.29, 0.717) is 11.9 Å². The number of hydrogen-bond donors (Lipinski definition) is 2. The van der Waals surface area contributed by atoms with Crippen LogP contribution in [-0.4, -0.2) is 35.0 Å². The van der Waals surface area contributed by atoms with Gasteiger partial charge in [-0.05, 0) is 62.1 Å². The van der Waals surface area contributed by atoms with E-state index >= 15 is 0 Å². The molecule has 0 amide bonds. The Balaban J connectivity index is 1.72. The highest BCUT2D eigenvalue weighted by molar-refractivity contribution is 5.62. The summed E-state index contributed by atoms with van der Waals surface area (Å²) in [5.74, 6) is 0.754. The Morgan fingerprint density at radius 1 is 1.22 bits per heavy atom. The Morgan fingerprint density at radius 3 is 2.83 bits per heavy atom. The summed E-state index contributed by atoms with van der Waals surface area (Å²) >= 11 is 0. The first-order valence-corrected chi connectivity index (χ1v) is 8.19. The van der Waals surface area contributed by atoms with Crippen LogP contribution in [0.25, 0.3) is 11.3 Å². The number of aromatic hydroxyl groups is 1. The van der Waals surface area contributed by atoms with Crippen molar-refractivity contribution in [1.82, 2.24) is 15.5 Å². The molecule has 0 radical (unpaired) electrons. The molecule has 23 heavy (non-hydrogen) atoms. The molecule has 1 aromatic carbocycles. The van der Waals surface area contributed by atoms with E-state index in [1.165, 1.54) is 19.3 Å². The zero-order valence-corrected chi connectivity index (χ0v) is 13.5. The largest absolute Gasteiger partial charge is 0.508 e. The van der Waals surface area contributed by atoms with E-state index in [9.17, 15) is 5.11 Å². The lowest BCUT2D eigenvalue weighted by atomic mass is 9.96. The average Bonchev–Trinajstić information content (AvgIpc) is 2.60. The van der Waals surface area contributed by atoms with Crippen molar-refractivity contribution in [3.63, 3.8) is 0 Å². The second-order valence-electron chi connectivity index (χ2n) is 6.03. The number of piperidine rings is 1. The number of phenols is 1. The minimum Gasteiger partial charge on any atom is -0.508 e. The molecule has 0 unspecified atom stereocenters. The summed E-state index contributed by atoms with van der Waals surface area (Å²) in [6.45, 7) is 1.12. The zero-order chi connectivity index (χ0) is 16.1. The van der Waals surface area contributed by atoms with Gasteiger partial charge in [0.1, 0.15) is 5.75 Å². The third kappa shape index (κ3) is 4.20. The molecular formula is C18H23N3O2. The van der Waals surface area contributed by atoms with Crippen LogP contribution in [-0.2, 0) is 6.42 Å². The summed E-state index contributed by atoms with van der Waals surface area (Å²) in [5.41, 5.74) is 2.75. The Morgan fingerprint density at radius 2 is 2.13 bits per heavy atom. The molecule has 5 nitrogen and oxygen atoms in total. The Bertz CT molecular complexity index is 637. The van der Waals surface area contributed by atoms with Gasteiger partial charge in [-0.3, -0.25) is 0 Å². The van der Waals surface area contributed by atoms with E-state index in [-0.39, 0.29) is 5.75 Å². The molecule has 122 valence electrons. The number of ether oxygens (including phenoxy) is 1. The molecule has 5 heteroatoms. The van der Waals surface area contributed by atoms with Crippen LogP contribution in [0.2, 0.25) is 0 Å². The number of nitrogens with zero attached hydrogens (tertiary/aromatic N) is 2. The fourth-order valence-electron chi connectivity index (χ4n) is 3.06. The molecule has 1 aromatic heterocycles. The molecule has 1 aliphatic heterocycles. The molecule has 2 N–H and O–H groups in total. The summed E-state index contributed by atoms with van der Waals surface area (Å²) in [7, 11) is 1.56. The van der Waals surface area contributed by atoms with Gasteiger partial charge in [-0.1, -0.05) is 6.42 Å². The SMILES string of the molecule is COc1ccc(-c2cc(O)cc(CC[C@@H]3CCCCN3)c2)nn1. The van der Waals surface area contributed by atoms with Crippen molar-refractivity contribution in [2.75, 3.05) is 13.7 Å². The summed E-state index contributed by atoms with van der Waals surface area (Å²) in [6, 6.07) is 9.86. The van der Waals surface area contributed by atoms with Gasteiger partial charge in [-0.25, -0.2) is 0 Å². The van der Waals surface area contributed by atoms with Crippen LogP contribution in [0.3, 0.4) is 0 Å². The lowest BCUT2D eigenvalue weighted by Gasteiger charge is -2.23. The second kappa shape index (κ2) is 7.42. The first-order chi connectivity index (χ1) is 11.2. The maximum absolute atomic E-state index is 10.0. The summed E-state index contributed by atoms with van der Waals surface area (Å²) in [4.78, 5) is 0. The Labute approximate surface area is 136 Å². The molecule has 0 spiro atoms. The van der Waals surface area contributed by atoms with Crippen LogP contribution in [0.1, 0.15) is 31.2 Å². The van der Waals surface area contributed by atoms with Gasteiger partial charge in [0, 0.05) is 17.7 Å². The van der Waals surface area contributed by atoms with E-state index in [0.717, 1.165) is 36.2 Å². The number of phenolic OH excluding ortho intramolecular Hbond substituents is 1. The molecule has 2 heterocycles. The number of nitrogens with one attached hydrogen (secondary N) is 1. The van der Waals surface area contributed by atoms with E-state index < -0.39 is 0 Å². The van der Waals surface area contributed by atoms with Gasteiger partial charge in [-0.15, -0.1) is 10.2 Å². The van der Waals surface area contributed by atoms with Crippen LogP contribution in [0, 0.1) is 0 Å². The van der Waals surface area contributed by atoms with Gasteiger partial charge >= 0.3 is 0 Å². The molecule has 1 atom stereocenters. The molecule has 3 rings (SSSR count). The minimum atomic E-state index is 0.270. The van der Waals surface area contributed by atoms with Crippen molar-refractivity contribution in [3.05, 3.63) is 35.9 Å². The van der Waals surface area contributed by atoms with Gasteiger partial charge in [0.05, 0.1) is 12.8 Å². The normalized spacial score (nSPS) is 17.9. The Hall–Kier alpha value is -2.14. The minimum absolute atomic E-state index is 0.270. The highest BCUT2D eigenvalue weighted by Gasteiger charge is 2.13. The number of hydrogen-bond acceptors (Lipinski definition) is 5. The van der Waals surface area contributed by atoms with E-state index in [1.807, 2.05) is 12.1 Å². The van der Waals surface area contributed by atoms with Gasteiger partial charge in [0.2, 0.25) is 5.88 Å². The maximum atomic E-state index is 10.0. The van der Waals surface area contributed by atoms with Crippen LogP contribution < -0.4 is 10.1 Å². The number of aromatic nitrogens is 2. The van der Waals surface area contributed by atoms with Gasteiger partial charge in [0.25, 0.3) is 0 Å². The molecule has 1 aliphatic rings. The monoisotopic (exact) mass is 313 g/mol. The van der Waals surface area contributed by atoms with E-state index in [1.54, 1.807) is 19.2 Å². The Kier molecular flexibility index (Phi) is 5.08. The quantitative estimate of drug-likeness (QED) is 0.888. The maximum Gasteiger partial charge on any atom is 0.233 e.